The first kappa shape index (κ1) is 12.6. The lowest BCUT2D eigenvalue weighted by Gasteiger charge is -2.23. The van der Waals surface area contributed by atoms with Gasteiger partial charge in [-0.1, -0.05) is 0 Å². The molecule has 0 bridgehead atoms. The SMILES string of the molecule is Cc1csc(CCN2CCCNC(C3CC3)C2)n1. The van der Waals surface area contributed by atoms with E-state index in [2.05, 4.69) is 27.5 Å². The first-order chi connectivity index (χ1) is 8.81. The molecule has 2 heterocycles. The van der Waals surface area contributed by atoms with E-state index in [-0.39, 0.29) is 0 Å². The van der Waals surface area contributed by atoms with E-state index < -0.39 is 0 Å². The highest BCUT2D eigenvalue weighted by molar-refractivity contribution is 7.09. The second-order valence-electron chi connectivity index (χ2n) is 5.68. The number of hydrogen-bond donors (Lipinski definition) is 1. The van der Waals surface area contributed by atoms with Crippen molar-refractivity contribution in [2.24, 2.45) is 5.92 Å². The van der Waals surface area contributed by atoms with Crippen molar-refractivity contribution in [2.75, 3.05) is 26.2 Å². The highest BCUT2D eigenvalue weighted by Gasteiger charge is 2.32. The van der Waals surface area contributed by atoms with Crippen molar-refractivity contribution >= 4 is 11.3 Å². The summed E-state index contributed by atoms with van der Waals surface area (Å²) in [4.78, 5) is 7.20. The lowest BCUT2D eigenvalue weighted by atomic mass is 10.2. The molecule has 1 aliphatic carbocycles. The average Bonchev–Trinajstić information content (AvgIpc) is 3.14. The molecule has 1 N–H and O–H groups in total. The third-order valence-corrected chi connectivity index (χ3v) is 5.04. The van der Waals surface area contributed by atoms with Gasteiger partial charge in [-0.2, -0.15) is 0 Å². The van der Waals surface area contributed by atoms with Gasteiger partial charge in [0, 0.05) is 36.6 Å². The van der Waals surface area contributed by atoms with Crippen molar-refractivity contribution in [3.63, 3.8) is 0 Å². The highest BCUT2D eigenvalue weighted by Crippen LogP contribution is 2.33. The standard InChI is InChI=1S/C14H23N3S/c1-11-10-18-14(16-11)5-8-17-7-2-6-15-13(9-17)12-3-4-12/h10,12-13,15H,2-9H2,1H3. The summed E-state index contributed by atoms with van der Waals surface area (Å²) in [5, 5.41) is 7.18. The smallest absolute Gasteiger partial charge is 0.0940 e. The molecule has 4 heteroatoms. The maximum Gasteiger partial charge on any atom is 0.0940 e. The van der Waals surface area contributed by atoms with Gasteiger partial charge in [-0.25, -0.2) is 4.98 Å². The van der Waals surface area contributed by atoms with Crippen LogP contribution in [-0.4, -0.2) is 42.1 Å². The highest BCUT2D eigenvalue weighted by atomic mass is 32.1. The minimum atomic E-state index is 0.755. The summed E-state index contributed by atoms with van der Waals surface area (Å²) >= 11 is 1.81. The Bertz CT molecular complexity index is 386. The van der Waals surface area contributed by atoms with E-state index in [0.29, 0.717) is 0 Å². The van der Waals surface area contributed by atoms with E-state index in [1.54, 1.807) is 0 Å². The second kappa shape index (κ2) is 5.68. The van der Waals surface area contributed by atoms with Crippen LogP contribution in [-0.2, 0) is 6.42 Å². The van der Waals surface area contributed by atoms with Gasteiger partial charge in [-0.3, -0.25) is 0 Å². The molecule has 1 unspecified atom stereocenters. The number of thiazole rings is 1. The van der Waals surface area contributed by atoms with Gasteiger partial charge in [0.05, 0.1) is 5.01 Å². The van der Waals surface area contributed by atoms with Crippen molar-refractivity contribution < 1.29 is 0 Å². The molecule has 3 nitrogen and oxygen atoms in total. The molecule has 1 saturated heterocycles. The van der Waals surface area contributed by atoms with Crippen molar-refractivity contribution in [3.05, 3.63) is 16.1 Å². The Morgan fingerprint density at radius 2 is 2.39 bits per heavy atom. The first-order valence-corrected chi connectivity index (χ1v) is 8.06. The van der Waals surface area contributed by atoms with Gasteiger partial charge in [0.1, 0.15) is 0 Å². The van der Waals surface area contributed by atoms with Crippen LogP contribution in [0.15, 0.2) is 5.38 Å². The minimum absolute atomic E-state index is 0.755. The minimum Gasteiger partial charge on any atom is -0.312 e. The summed E-state index contributed by atoms with van der Waals surface area (Å²) in [5.74, 6) is 0.965. The Labute approximate surface area is 114 Å². The first-order valence-electron chi connectivity index (χ1n) is 7.18. The summed E-state index contributed by atoms with van der Waals surface area (Å²) < 4.78 is 0. The summed E-state index contributed by atoms with van der Waals surface area (Å²) in [6, 6.07) is 0.755. The molecule has 100 valence electrons. The van der Waals surface area contributed by atoms with E-state index in [4.69, 9.17) is 0 Å². The largest absolute Gasteiger partial charge is 0.312 e. The van der Waals surface area contributed by atoms with E-state index >= 15 is 0 Å². The molecule has 1 atom stereocenters. The van der Waals surface area contributed by atoms with Crippen LogP contribution in [0.4, 0.5) is 0 Å². The zero-order valence-corrected chi connectivity index (χ0v) is 12.0. The van der Waals surface area contributed by atoms with Gasteiger partial charge in [0.25, 0.3) is 0 Å². The number of aromatic nitrogens is 1. The number of aryl methyl sites for hydroxylation is 1. The summed E-state index contributed by atoms with van der Waals surface area (Å²) in [5.41, 5.74) is 1.17. The quantitative estimate of drug-likeness (QED) is 0.903. The Hall–Kier alpha value is -0.450. The molecule has 0 spiro atoms. The summed E-state index contributed by atoms with van der Waals surface area (Å²) in [6.45, 7) is 6.96. The van der Waals surface area contributed by atoms with Crippen LogP contribution in [0.5, 0.6) is 0 Å². The average molecular weight is 265 g/mol. The summed E-state index contributed by atoms with van der Waals surface area (Å²) in [6.07, 6.45) is 5.30. The molecule has 2 fully saturated rings. The third-order valence-electron chi connectivity index (χ3n) is 4.01. The predicted molar refractivity (Wildman–Crippen MR) is 76.1 cm³/mol. The van der Waals surface area contributed by atoms with Crippen LogP contribution in [0.1, 0.15) is 30.0 Å². The van der Waals surface area contributed by atoms with Crippen LogP contribution in [0, 0.1) is 12.8 Å². The van der Waals surface area contributed by atoms with Gasteiger partial charge >= 0.3 is 0 Å². The zero-order valence-electron chi connectivity index (χ0n) is 11.2. The molecule has 0 radical (unpaired) electrons. The van der Waals surface area contributed by atoms with E-state index in [1.165, 1.54) is 56.1 Å². The normalized spacial score (nSPS) is 26.2. The third kappa shape index (κ3) is 3.31. The van der Waals surface area contributed by atoms with Crippen molar-refractivity contribution in [1.82, 2.24) is 15.2 Å². The lowest BCUT2D eigenvalue weighted by Crippen LogP contribution is -2.39. The van der Waals surface area contributed by atoms with Crippen LogP contribution >= 0.6 is 11.3 Å². The predicted octanol–water partition coefficient (Wildman–Crippen LogP) is 2.07. The van der Waals surface area contributed by atoms with Gasteiger partial charge in [0.15, 0.2) is 0 Å². The van der Waals surface area contributed by atoms with Crippen LogP contribution in [0.3, 0.4) is 0 Å². The fourth-order valence-electron chi connectivity index (χ4n) is 2.81. The van der Waals surface area contributed by atoms with Gasteiger partial charge in [-0.05, 0) is 45.2 Å². The van der Waals surface area contributed by atoms with Gasteiger partial charge in [-0.15, -0.1) is 11.3 Å². The molecule has 0 amide bonds. The Morgan fingerprint density at radius 3 is 3.11 bits per heavy atom. The molecular weight excluding hydrogens is 242 g/mol. The topological polar surface area (TPSA) is 28.2 Å². The molecule has 1 saturated carbocycles. The van der Waals surface area contributed by atoms with Crippen LogP contribution in [0.2, 0.25) is 0 Å². The molecule has 1 aromatic heterocycles. The Kier molecular flexibility index (Phi) is 3.97. The van der Waals surface area contributed by atoms with Crippen LogP contribution < -0.4 is 5.32 Å². The molecule has 0 aromatic carbocycles. The Balaban J connectivity index is 1.51. The van der Waals surface area contributed by atoms with E-state index in [1.807, 2.05) is 11.3 Å². The second-order valence-corrected chi connectivity index (χ2v) is 6.63. The lowest BCUT2D eigenvalue weighted by molar-refractivity contribution is 0.261. The van der Waals surface area contributed by atoms with Crippen molar-refractivity contribution in [1.29, 1.82) is 0 Å². The Morgan fingerprint density at radius 1 is 1.50 bits per heavy atom. The molecule has 3 rings (SSSR count). The monoisotopic (exact) mass is 265 g/mol. The van der Waals surface area contributed by atoms with E-state index in [9.17, 15) is 0 Å². The van der Waals surface area contributed by atoms with Gasteiger partial charge in [0.2, 0.25) is 0 Å². The molecular formula is C14H23N3S. The zero-order chi connectivity index (χ0) is 12.4. The number of hydrogen-bond acceptors (Lipinski definition) is 4. The number of nitrogens with zero attached hydrogens (tertiary/aromatic N) is 2. The number of rotatable bonds is 4. The summed E-state index contributed by atoms with van der Waals surface area (Å²) in [7, 11) is 0. The maximum absolute atomic E-state index is 4.56. The number of nitrogens with one attached hydrogen (secondary N) is 1. The molecule has 18 heavy (non-hydrogen) atoms. The van der Waals surface area contributed by atoms with E-state index in [0.717, 1.165) is 18.4 Å². The fourth-order valence-corrected chi connectivity index (χ4v) is 3.58. The van der Waals surface area contributed by atoms with Crippen molar-refractivity contribution in [3.8, 4) is 0 Å². The fraction of sp³-hybridized carbons (Fsp3) is 0.786. The van der Waals surface area contributed by atoms with Crippen LogP contribution in [0.25, 0.3) is 0 Å². The van der Waals surface area contributed by atoms with Crippen molar-refractivity contribution in [2.45, 2.75) is 38.6 Å². The molecule has 1 aromatic rings. The van der Waals surface area contributed by atoms with Gasteiger partial charge < -0.3 is 10.2 Å². The molecule has 2 aliphatic rings. The molecule has 1 aliphatic heterocycles. The maximum atomic E-state index is 4.56.